The molecule has 10 heteroatoms. The molecule has 0 bridgehead atoms. The minimum absolute atomic E-state index is 0.0803. The summed E-state index contributed by atoms with van der Waals surface area (Å²) in [4.78, 5) is 29.6. The second kappa shape index (κ2) is 10.2. The van der Waals surface area contributed by atoms with Gasteiger partial charge in [0.2, 0.25) is 5.91 Å². The largest absolute Gasteiger partial charge is 0.424 e. The van der Waals surface area contributed by atoms with Crippen LogP contribution in [-0.2, 0) is 9.59 Å². The van der Waals surface area contributed by atoms with Crippen LogP contribution in [0.5, 0.6) is 5.75 Å². The molecule has 1 aromatic carbocycles. The molecule has 29 heavy (non-hydrogen) atoms. The summed E-state index contributed by atoms with van der Waals surface area (Å²) in [7, 11) is 3.75. The smallest absolute Gasteiger partial charge is 0.312 e. The molecule has 0 aliphatic heterocycles. The highest BCUT2D eigenvalue weighted by Gasteiger charge is 2.11. The van der Waals surface area contributed by atoms with E-state index in [4.69, 9.17) is 16.2 Å². The highest BCUT2D eigenvalue weighted by molar-refractivity contribution is 5.93. The van der Waals surface area contributed by atoms with Gasteiger partial charge < -0.3 is 26.4 Å². The third kappa shape index (κ3) is 6.94. The van der Waals surface area contributed by atoms with Crippen molar-refractivity contribution in [3.8, 4) is 5.75 Å². The van der Waals surface area contributed by atoms with Gasteiger partial charge in [-0.1, -0.05) is 12.1 Å². The number of esters is 1. The number of ether oxygens (including phenoxy) is 1. The molecule has 0 radical (unpaired) electrons. The molecule has 0 aliphatic carbocycles. The highest BCUT2D eigenvalue weighted by atomic mass is 16.5. The lowest BCUT2D eigenvalue weighted by Gasteiger charge is -2.10. The van der Waals surface area contributed by atoms with E-state index < -0.39 is 6.04 Å². The topological polar surface area (TPSA) is 148 Å². The average molecular weight is 399 g/mol. The molecule has 2 rings (SSSR count). The number of hydrogen-bond acceptors (Lipinski definition) is 9. The van der Waals surface area contributed by atoms with Crippen molar-refractivity contribution >= 4 is 34.9 Å². The highest BCUT2D eigenvalue weighted by Crippen LogP contribution is 2.30. The Morgan fingerprint density at radius 3 is 2.52 bits per heavy atom. The number of para-hydroxylation sites is 1. The van der Waals surface area contributed by atoms with E-state index in [1.165, 1.54) is 6.07 Å². The number of benzene rings is 1. The maximum absolute atomic E-state index is 12.0. The first-order valence-corrected chi connectivity index (χ1v) is 8.95. The fraction of sp³-hybridized carbons (Fsp3) is 0.316. The van der Waals surface area contributed by atoms with E-state index >= 15 is 0 Å². The van der Waals surface area contributed by atoms with E-state index in [2.05, 4.69) is 20.5 Å². The van der Waals surface area contributed by atoms with Crippen molar-refractivity contribution in [1.82, 2.24) is 9.88 Å². The van der Waals surface area contributed by atoms with Gasteiger partial charge in [0.1, 0.15) is 17.2 Å². The second-order valence-electron chi connectivity index (χ2n) is 6.57. The van der Waals surface area contributed by atoms with Crippen molar-refractivity contribution in [2.45, 2.75) is 19.4 Å². The van der Waals surface area contributed by atoms with E-state index in [1.807, 2.05) is 19.0 Å². The molecule has 0 unspecified atom stereocenters. The first kappa shape index (κ1) is 21.9. The normalized spacial score (nSPS) is 12.2. The summed E-state index contributed by atoms with van der Waals surface area (Å²) in [5, 5.41) is 10.7. The molecule has 2 aromatic rings. The minimum Gasteiger partial charge on any atom is -0.424 e. The number of carbonyl (C=O) groups is 2. The predicted molar refractivity (Wildman–Crippen MR) is 110 cm³/mol. The van der Waals surface area contributed by atoms with E-state index in [0.29, 0.717) is 23.7 Å². The zero-order valence-corrected chi connectivity index (χ0v) is 16.6. The van der Waals surface area contributed by atoms with Crippen LogP contribution in [0.4, 0.5) is 23.0 Å². The SMILES string of the molecule is C[C@H](N)C(=O)Nc1ccc(N=Nc2ccccc2OC(=O)CCN(C)C)c(N)n1. The standard InChI is InChI=1S/C19H25N7O3/c1-12(20)19(28)23-16-9-8-14(18(21)22-16)25-24-13-6-4-5-7-15(13)29-17(27)10-11-26(2)3/h4-9,12H,10-11,20H2,1-3H3,(H3,21,22,23,28)/t12-/m0/s1. The van der Waals surface area contributed by atoms with Gasteiger partial charge in [0.25, 0.3) is 0 Å². The van der Waals surface area contributed by atoms with Crippen LogP contribution in [0, 0.1) is 0 Å². The molecule has 0 aliphatic rings. The second-order valence-corrected chi connectivity index (χ2v) is 6.57. The van der Waals surface area contributed by atoms with Gasteiger partial charge in [-0.25, -0.2) is 4.98 Å². The van der Waals surface area contributed by atoms with Gasteiger partial charge in [0, 0.05) is 6.54 Å². The van der Waals surface area contributed by atoms with Crippen molar-refractivity contribution in [2.24, 2.45) is 16.0 Å². The number of nitrogens with zero attached hydrogens (tertiary/aromatic N) is 4. The average Bonchev–Trinajstić information content (AvgIpc) is 2.66. The summed E-state index contributed by atoms with van der Waals surface area (Å²) in [6.45, 7) is 2.14. The number of azo groups is 1. The lowest BCUT2D eigenvalue weighted by molar-refractivity contribution is -0.134. The lowest BCUT2D eigenvalue weighted by Crippen LogP contribution is -2.32. The molecule has 1 aromatic heterocycles. The molecule has 5 N–H and O–H groups in total. The molecule has 0 fully saturated rings. The van der Waals surface area contributed by atoms with Crippen LogP contribution in [0.25, 0.3) is 0 Å². The van der Waals surface area contributed by atoms with Gasteiger partial charge in [0.05, 0.1) is 12.5 Å². The molecule has 1 atom stereocenters. The Morgan fingerprint density at radius 2 is 1.86 bits per heavy atom. The van der Waals surface area contributed by atoms with E-state index in [-0.39, 0.29) is 29.9 Å². The van der Waals surface area contributed by atoms with Gasteiger partial charge in [0.15, 0.2) is 11.6 Å². The summed E-state index contributed by atoms with van der Waals surface area (Å²) in [5.41, 5.74) is 12.1. The Hall–Kier alpha value is -3.37. The minimum atomic E-state index is -0.672. The number of hydrogen-bond donors (Lipinski definition) is 3. The lowest BCUT2D eigenvalue weighted by atomic mass is 10.3. The summed E-state index contributed by atoms with van der Waals surface area (Å²) in [5.74, 6) is -0.101. The van der Waals surface area contributed by atoms with E-state index in [9.17, 15) is 9.59 Å². The third-order valence-electron chi connectivity index (χ3n) is 3.68. The van der Waals surface area contributed by atoms with Gasteiger partial charge in [-0.3, -0.25) is 9.59 Å². The molecule has 1 amide bonds. The molecule has 0 spiro atoms. The molecule has 0 saturated carbocycles. The predicted octanol–water partition coefficient (Wildman–Crippen LogP) is 2.22. The van der Waals surface area contributed by atoms with Crippen molar-refractivity contribution in [1.29, 1.82) is 0 Å². The monoisotopic (exact) mass is 399 g/mol. The fourth-order valence-corrected chi connectivity index (χ4v) is 2.08. The molecular formula is C19H25N7O3. The number of nitrogens with one attached hydrogen (secondary N) is 1. The first-order chi connectivity index (χ1) is 13.8. The maximum Gasteiger partial charge on any atom is 0.312 e. The van der Waals surface area contributed by atoms with Crippen LogP contribution in [0.1, 0.15) is 13.3 Å². The Kier molecular flexibility index (Phi) is 7.75. The Labute approximate surface area is 169 Å². The number of amides is 1. The first-order valence-electron chi connectivity index (χ1n) is 8.95. The van der Waals surface area contributed by atoms with Gasteiger partial charge in [-0.15, -0.1) is 10.2 Å². The number of anilines is 2. The van der Waals surface area contributed by atoms with Crippen LogP contribution in [0.15, 0.2) is 46.6 Å². The van der Waals surface area contributed by atoms with E-state index in [0.717, 1.165) is 0 Å². The van der Waals surface area contributed by atoms with Crippen LogP contribution >= 0.6 is 0 Å². The number of carbonyl (C=O) groups excluding carboxylic acids is 2. The third-order valence-corrected chi connectivity index (χ3v) is 3.68. The van der Waals surface area contributed by atoms with Crippen LogP contribution in [-0.4, -0.2) is 48.4 Å². The zero-order chi connectivity index (χ0) is 21.4. The number of aromatic nitrogens is 1. The van der Waals surface area contributed by atoms with Crippen molar-refractivity contribution in [2.75, 3.05) is 31.7 Å². The summed E-state index contributed by atoms with van der Waals surface area (Å²) < 4.78 is 5.37. The molecule has 0 saturated heterocycles. The zero-order valence-electron chi connectivity index (χ0n) is 16.6. The number of nitrogens with two attached hydrogens (primary N) is 2. The quantitative estimate of drug-likeness (QED) is 0.350. The van der Waals surface area contributed by atoms with Gasteiger partial charge in [-0.2, -0.15) is 0 Å². The van der Waals surface area contributed by atoms with Crippen molar-refractivity contribution in [3.05, 3.63) is 36.4 Å². The number of nitrogen functional groups attached to an aromatic ring is 1. The van der Waals surface area contributed by atoms with Gasteiger partial charge in [-0.05, 0) is 45.3 Å². The summed E-state index contributed by atoms with van der Waals surface area (Å²) in [6.07, 6.45) is 0.254. The Balaban J connectivity index is 2.12. The molecular weight excluding hydrogens is 374 g/mol. The van der Waals surface area contributed by atoms with Crippen LogP contribution in [0.2, 0.25) is 0 Å². The molecule has 1 heterocycles. The van der Waals surface area contributed by atoms with Crippen LogP contribution < -0.4 is 21.5 Å². The van der Waals surface area contributed by atoms with E-state index in [1.54, 1.807) is 37.3 Å². The number of pyridine rings is 1. The summed E-state index contributed by atoms with van der Waals surface area (Å²) >= 11 is 0. The Morgan fingerprint density at radius 1 is 1.17 bits per heavy atom. The van der Waals surface area contributed by atoms with Gasteiger partial charge >= 0.3 is 5.97 Å². The van der Waals surface area contributed by atoms with Crippen molar-refractivity contribution in [3.63, 3.8) is 0 Å². The number of rotatable bonds is 8. The fourth-order valence-electron chi connectivity index (χ4n) is 2.08. The molecule has 10 nitrogen and oxygen atoms in total. The molecule has 154 valence electrons. The van der Waals surface area contributed by atoms with Crippen LogP contribution in [0.3, 0.4) is 0 Å². The summed E-state index contributed by atoms with van der Waals surface area (Å²) in [6, 6.07) is 9.22. The Bertz CT molecular complexity index is 897. The van der Waals surface area contributed by atoms with Crippen molar-refractivity contribution < 1.29 is 14.3 Å². The maximum atomic E-state index is 12.0.